The van der Waals surface area contributed by atoms with E-state index in [-0.39, 0.29) is 31.2 Å². The molecule has 132 valence electrons. The summed E-state index contributed by atoms with van der Waals surface area (Å²) in [6.45, 7) is 1.57. The topological polar surface area (TPSA) is 108 Å². The van der Waals surface area contributed by atoms with E-state index in [1.165, 1.54) is 30.2 Å². The number of aliphatic hydroxyl groups is 1. The lowest BCUT2D eigenvalue weighted by atomic mass is 10.1. The van der Waals surface area contributed by atoms with Crippen LogP contribution >= 0.6 is 0 Å². The van der Waals surface area contributed by atoms with Crippen LogP contribution in [-0.4, -0.2) is 46.3 Å². The number of aliphatic hydroxyl groups excluding tert-OH is 1. The molecule has 3 N–H and O–H groups in total. The summed E-state index contributed by atoms with van der Waals surface area (Å²) in [5.74, 6) is -0.485. The Morgan fingerprint density at radius 3 is 3.00 bits per heavy atom. The molecule has 0 saturated carbocycles. The number of ether oxygens (including phenoxy) is 1. The van der Waals surface area contributed by atoms with Crippen LogP contribution in [0.2, 0.25) is 0 Å². The van der Waals surface area contributed by atoms with E-state index in [9.17, 15) is 14.0 Å². The molecule has 1 aromatic heterocycles. The minimum Gasteiger partial charge on any atom is -0.442 e. The Kier molecular flexibility index (Phi) is 4.66. The molecule has 25 heavy (non-hydrogen) atoms. The number of nitrogens with zero attached hydrogens (tertiary/aromatic N) is 2. The SMILES string of the molecule is CC(=O)NC[C@H]1CN(c2ccc(-c3ncc(CO)[nH]3)c(F)c2)C(=O)O1. The zero-order chi connectivity index (χ0) is 18.0. The summed E-state index contributed by atoms with van der Waals surface area (Å²) >= 11 is 0. The van der Waals surface area contributed by atoms with Crippen molar-refractivity contribution in [2.75, 3.05) is 18.0 Å². The minimum absolute atomic E-state index is 0.203. The van der Waals surface area contributed by atoms with Crippen molar-refractivity contribution >= 4 is 17.7 Å². The number of cyclic esters (lactones) is 1. The largest absolute Gasteiger partial charge is 0.442 e. The van der Waals surface area contributed by atoms with Crippen LogP contribution in [-0.2, 0) is 16.1 Å². The van der Waals surface area contributed by atoms with Crippen molar-refractivity contribution in [3.05, 3.63) is 35.9 Å². The Hall–Kier alpha value is -2.94. The molecule has 2 amide bonds. The molecular formula is C16H17FN4O4. The second kappa shape index (κ2) is 6.89. The number of halogens is 1. The van der Waals surface area contributed by atoms with Gasteiger partial charge in [-0.15, -0.1) is 0 Å². The summed E-state index contributed by atoms with van der Waals surface area (Å²) in [7, 11) is 0. The predicted molar refractivity (Wildman–Crippen MR) is 86.2 cm³/mol. The fourth-order valence-corrected chi connectivity index (χ4v) is 2.54. The zero-order valence-corrected chi connectivity index (χ0v) is 13.5. The summed E-state index contributed by atoms with van der Waals surface area (Å²) in [4.78, 5) is 31.0. The highest BCUT2D eigenvalue weighted by atomic mass is 19.1. The molecule has 0 aliphatic carbocycles. The smallest absolute Gasteiger partial charge is 0.414 e. The van der Waals surface area contributed by atoms with Crippen LogP contribution in [0.5, 0.6) is 0 Å². The third-order valence-corrected chi connectivity index (χ3v) is 3.77. The Morgan fingerprint density at radius 2 is 2.36 bits per heavy atom. The number of hydrogen-bond acceptors (Lipinski definition) is 5. The maximum absolute atomic E-state index is 14.4. The fourth-order valence-electron chi connectivity index (χ4n) is 2.54. The Morgan fingerprint density at radius 1 is 1.56 bits per heavy atom. The van der Waals surface area contributed by atoms with Crippen molar-refractivity contribution in [3.63, 3.8) is 0 Å². The summed E-state index contributed by atoms with van der Waals surface area (Å²) in [5.41, 5.74) is 1.05. The highest BCUT2D eigenvalue weighted by molar-refractivity contribution is 5.90. The summed E-state index contributed by atoms with van der Waals surface area (Å²) in [6.07, 6.45) is 0.340. The Labute approximate surface area is 142 Å². The van der Waals surface area contributed by atoms with Gasteiger partial charge in [-0.1, -0.05) is 0 Å². The minimum atomic E-state index is -0.594. The number of imidazole rings is 1. The van der Waals surface area contributed by atoms with Crippen molar-refractivity contribution in [3.8, 4) is 11.4 Å². The van der Waals surface area contributed by atoms with Crippen molar-refractivity contribution in [2.45, 2.75) is 19.6 Å². The fraction of sp³-hybridized carbons (Fsp3) is 0.312. The standard InChI is InChI=1S/C16H17FN4O4/c1-9(23)18-6-12-7-21(16(24)25-12)11-2-3-13(14(17)4-11)15-19-5-10(8-22)20-15/h2-5,12,22H,6-8H2,1H3,(H,18,23)(H,19,20)/t12-/m0/s1. The van der Waals surface area contributed by atoms with Crippen molar-refractivity contribution in [1.82, 2.24) is 15.3 Å². The summed E-state index contributed by atoms with van der Waals surface area (Å²) in [5, 5.41) is 11.6. The Balaban J connectivity index is 1.76. The number of hydrogen-bond donors (Lipinski definition) is 3. The van der Waals surface area contributed by atoms with E-state index in [1.807, 2.05) is 0 Å². The third kappa shape index (κ3) is 3.61. The number of rotatable bonds is 5. The second-order valence-corrected chi connectivity index (χ2v) is 5.63. The van der Waals surface area contributed by atoms with Crippen LogP contribution in [0.25, 0.3) is 11.4 Å². The first kappa shape index (κ1) is 16.9. The first-order valence-electron chi connectivity index (χ1n) is 7.65. The molecule has 0 spiro atoms. The monoisotopic (exact) mass is 348 g/mol. The van der Waals surface area contributed by atoms with Gasteiger partial charge in [-0.2, -0.15) is 0 Å². The van der Waals surface area contributed by atoms with E-state index >= 15 is 0 Å². The molecule has 2 aromatic rings. The van der Waals surface area contributed by atoms with E-state index in [1.54, 1.807) is 6.07 Å². The second-order valence-electron chi connectivity index (χ2n) is 5.63. The first-order valence-corrected chi connectivity index (χ1v) is 7.65. The molecule has 1 aliphatic rings. The van der Waals surface area contributed by atoms with E-state index in [0.29, 0.717) is 17.2 Å². The van der Waals surface area contributed by atoms with Gasteiger partial charge in [-0.05, 0) is 18.2 Å². The number of nitrogens with one attached hydrogen (secondary N) is 2. The van der Waals surface area contributed by atoms with Crippen molar-refractivity contribution < 1.29 is 23.8 Å². The van der Waals surface area contributed by atoms with E-state index < -0.39 is 18.0 Å². The van der Waals surface area contributed by atoms with Crippen LogP contribution in [0, 0.1) is 5.82 Å². The highest BCUT2D eigenvalue weighted by Gasteiger charge is 2.32. The summed E-state index contributed by atoms with van der Waals surface area (Å²) in [6, 6.07) is 4.30. The van der Waals surface area contributed by atoms with Gasteiger partial charge >= 0.3 is 6.09 Å². The van der Waals surface area contributed by atoms with Crippen LogP contribution < -0.4 is 10.2 Å². The van der Waals surface area contributed by atoms with E-state index in [2.05, 4.69) is 15.3 Å². The van der Waals surface area contributed by atoms with Crippen molar-refractivity contribution in [1.29, 1.82) is 0 Å². The molecule has 1 aliphatic heterocycles. The lowest BCUT2D eigenvalue weighted by Crippen LogP contribution is -2.33. The lowest BCUT2D eigenvalue weighted by molar-refractivity contribution is -0.119. The van der Waals surface area contributed by atoms with Gasteiger partial charge in [-0.3, -0.25) is 9.69 Å². The number of aromatic amines is 1. The number of carbonyl (C=O) groups is 2. The van der Waals surface area contributed by atoms with Gasteiger partial charge in [0.2, 0.25) is 5.91 Å². The molecule has 8 nitrogen and oxygen atoms in total. The normalized spacial score (nSPS) is 16.8. The van der Waals surface area contributed by atoms with Crippen LogP contribution in [0.3, 0.4) is 0 Å². The Bertz CT molecular complexity index is 807. The third-order valence-electron chi connectivity index (χ3n) is 3.77. The van der Waals surface area contributed by atoms with Crippen LogP contribution in [0.4, 0.5) is 14.9 Å². The predicted octanol–water partition coefficient (Wildman–Crippen LogP) is 1.17. The summed E-state index contributed by atoms with van der Waals surface area (Å²) < 4.78 is 19.6. The average Bonchev–Trinajstić information content (AvgIpc) is 3.19. The number of benzene rings is 1. The molecule has 0 bridgehead atoms. The molecule has 2 heterocycles. The maximum atomic E-state index is 14.4. The number of amides is 2. The quantitative estimate of drug-likeness (QED) is 0.752. The molecule has 1 fully saturated rings. The highest BCUT2D eigenvalue weighted by Crippen LogP contribution is 2.27. The van der Waals surface area contributed by atoms with E-state index in [4.69, 9.17) is 9.84 Å². The zero-order valence-electron chi connectivity index (χ0n) is 13.5. The van der Waals surface area contributed by atoms with Gasteiger partial charge in [-0.25, -0.2) is 14.2 Å². The lowest BCUT2D eigenvalue weighted by Gasteiger charge is -2.14. The first-order chi connectivity index (χ1) is 12.0. The van der Waals surface area contributed by atoms with Gasteiger partial charge in [0.15, 0.2) is 0 Å². The van der Waals surface area contributed by atoms with Crippen LogP contribution in [0.1, 0.15) is 12.6 Å². The van der Waals surface area contributed by atoms with Gasteiger partial charge in [0.05, 0.1) is 42.8 Å². The molecule has 1 aromatic carbocycles. The molecule has 0 unspecified atom stereocenters. The number of H-pyrrole nitrogens is 1. The van der Waals surface area contributed by atoms with Gasteiger partial charge in [0.1, 0.15) is 17.7 Å². The number of anilines is 1. The van der Waals surface area contributed by atoms with Gasteiger partial charge in [0.25, 0.3) is 0 Å². The molecule has 3 rings (SSSR count). The van der Waals surface area contributed by atoms with Gasteiger partial charge in [0, 0.05) is 6.92 Å². The molecule has 1 saturated heterocycles. The maximum Gasteiger partial charge on any atom is 0.414 e. The molecular weight excluding hydrogens is 331 g/mol. The van der Waals surface area contributed by atoms with Gasteiger partial charge < -0.3 is 20.1 Å². The molecule has 9 heteroatoms. The van der Waals surface area contributed by atoms with Crippen LogP contribution in [0.15, 0.2) is 24.4 Å². The number of aromatic nitrogens is 2. The molecule has 0 radical (unpaired) electrons. The van der Waals surface area contributed by atoms with Crippen molar-refractivity contribution in [2.24, 2.45) is 0 Å². The molecule has 1 atom stereocenters. The van der Waals surface area contributed by atoms with E-state index in [0.717, 1.165) is 0 Å². The average molecular weight is 348 g/mol. The number of carbonyl (C=O) groups excluding carboxylic acids is 2.